The molecule has 0 unspecified atom stereocenters. The van der Waals surface area contributed by atoms with E-state index in [0.717, 1.165) is 75.6 Å². The molecule has 0 atom stereocenters. The van der Waals surface area contributed by atoms with Gasteiger partial charge in [0.05, 0.1) is 17.1 Å². The van der Waals surface area contributed by atoms with E-state index in [1.807, 2.05) is 30.5 Å². The van der Waals surface area contributed by atoms with Crippen molar-refractivity contribution in [3.8, 4) is 33.9 Å². The van der Waals surface area contributed by atoms with Gasteiger partial charge in [-0.15, -0.1) is 0 Å². The highest BCUT2D eigenvalue weighted by Gasteiger charge is 2.36. The fraction of sp³-hybridized carbons (Fsp3) is 0.133. The number of benzene rings is 8. The highest BCUT2D eigenvalue weighted by Crippen LogP contribution is 2.45. The fourth-order valence-electron chi connectivity index (χ4n) is 9.33. The molecule has 1 fully saturated rings. The third-order valence-electron chi connectivity index (χ3n) is 12.7. The van der Waals surface area contributed by atoms with Gasteiger partial charge in [0, 0.05) is 39.4 Å². The van der Waals surface area contributed by atoms with Gasteiger partial charge in [0.25, 0.3) is 0 Å². The first kappa shape index (κ1) is 40.5. The summed E-state index contributed by atoms with van der Waals surface area (Å²) in [5.74, 6) is 1.41. The van der Waals surface area contributed by atoms with E-state index in [0.29, 0.717) is 5.84 Å². The van der Waals surface area contributed by atoms with E-state index in [9.17, 15) is 0 Å². The molecule has 4 heteroatoms. The second-order valence-corrected chi connectivity index (χ2v) is 16.9. The summed E-state index contributed by atoms with van der Waals surface area (Å²) in [6, 6.07) is 71.1. The minimum atomic E-state index is -0.110. The third-order valence-corrected chi connectivity index (χ3v) is 12.7. The molecule has 1 aliphatic carbocycles. The van der Waals surface area contributed by atoms with Crippen LogP contribution in [0.3, 0.4) is 0 Å². The van der Waals surface area contributed by atoms with Crippen molar-refractivity contribution in [3.05, 3.63) is 234 Å². The van der Waals surface area contributed by atoms with E-state index in [-0.39, 0.29) is 5.41 Å². The zero-order chi connectivity index (χ0) is 43.1. The number of aliphatic imine (C=N–C) groups is 2. The summed E-state index contributed by atoms with van der Waals surface area (Å²) in [6.45, 7) is 2.16. The Morgan fingerprint density at radius 1 is 0.500 bits per heavy atom. The summed E-state index contributed by atoms with van der Waals surface area (Å²) in [4.78, 5) is 20.8. The van der Waals surface area contributed by atoms with Crippen LogP contribution in [0, 0.1) is 0 Å². The number of hydrogen-bond acceptors (Lipinski definition) is 3. The molecule has 4 nitrogen and oxygen atoms in total. The Morgan fingerprint density at radius 3 is 1.72 bits per heavy atom. The first-order valence-corrected chi connectivity index (χ1v) is 22.6. The number of fused-ring (bicyclic) bond motifs is 2. The Balaban J connectivity index is 1.00. The molecule has 8 aromatic carbocycles. The molecule has 1 heterocycles. The van der Waals surface area contributed by atoms with E-state index >= 15 is 0 Å². The summed E-state index contributed by atoms with van der Waals surface area (Å²) in [5, 5.41) is 4.82. The van der Waals surface area contributed by atoms with E-state index in [1.54, 1.807) is 0 Å². The lowest BCUT2D eigenvalue weighted by molar-refractivity contribution is 0.346. The Morgan fingerprint density at radius 2 is 1.05 bits per heavy atom. The Kier molecular flexibility index (Phi) is 11.7. The lowest BCUT2D eigenvalue weighted by Gasteiger charge is -2.39. The van der Waals surface area contributed by atoms with E-state index in [1.165, 1.54) is 51.9 Å². The Hall–Kier alpha value is -7.56. The third kappa shape index (κ3) is 8.60. The molecule has 9 aromatic rings. The molecule has 310 valence electrons. The summed E-state index contributed by atoms with van der Waals surface area (Å²) in [7, 11) is 0. The molecular formula is C60H50N4. The summed E-state index contributed by atoms with van der Waals surface area (Å²) >= 11 is 0. The maximum Gasteiger partial charge on any atom is 0.160 e. The highest BCUT2D eigenvalue weighted by molar-refractivity contribution is 6.07. The standard InChI is InChI=1S/C60H50N4/c1-2-16-55(51-27-25-44-19-10-12-23-49(44)39-51)62-58(61-42-43-17-6-3-7-18-43)47-29-33-53(34-30-47)60(37-14-5-15-38-60)54-35-31-48(32-36-54)59-63-56(46-21-8-4-9-22-46)41-57(64-59)52-28-26-45-20-11-13-24-50(45)40-52/h3-4,6-13,16-36,39-42H,2,5,14-15,37-38H2,1H3/b55-16-,61-42+,62-58-. The van der Waals surface area contributed by atoms with Gasteiger partial charge >= 0.3 is 0 Å². The topological polar surface area (TPSA) is 50.5 Å². The number of rotatable bonds is 10. The number of aromatic nitrogens is 2. The van der Waals surface area contributed by atoms with Crippen molar-refractivity contribution in [3.63, 3.8) is 0 Å². The van der Waals surface area contributed by atoms with Crippen LogP contribution in [0.25, 0.3) is 61.1 Å². The zero-order valence-electron chi connectivity index (χ0n) is 36.2. The van der Waals surface area contributed by atoms with Crippen molar-refractivity contribution in [2.24, 2.45) is 9.98 Å². The van der Waals surface area contributed by atoms with Crippen LogP contribution >= 0.6 is 0 Å². The van der Waals surface area contributed by atoms with Gasteiger partial charge in [0.1, 0.15) is 0 Å². The number of nitrogens with zero attached hydrogens (tertiary/aromatic N) is 4. The van der Waals surface area contributed by atoms with Gasteiger partial charge in [-0.1, -0.05) is 214 Å². The molecule has 0 amide bonds. The van der Waals surface area contributed by atoms with E-state index < -0.39 is 0 Å². The van der Waals surface area contributed by atoms with Crippen LogP contribution in [-0.2, 0) is 5.41 Å². The number of allylic oxidation sites excluding steroid dienone is 1. The molecule has 0 N–H and O–H groups in total. The quantitative estimate of drug-likeness (QED) is 0.102. The molecule has 0 aliphatic heterocycles. The lowest BCUT2D eigenvalue weighted by Crippen LogP contribution is -2.30. The van der Waals surface area contributed by atoms with Crippen molar-refractivity contribution < 1.29 is 0 Å². The molecule has 10 rings (SSSR count). The van der Waals surface area contributed by atoms with E-state index in [4.69, 9.17) is 20.0 Å². The van der Waals surface area contributed by atoms with Crippen LogP contribution in [0.4, 0.5) is 0 Å². The average Bonchev–Trinajstić information content (AvgIpc) is 3.37. The second kappa shape index (κ2) is 18.4. The lowest BCUT2D eigenvalue weighted by atomic mass is 9.65. The first-order valence-electron chi connectivity index (χ1n) is 22.6. The van der Waals surface area contributed by atoms with Gasteiger partial charge in [0.15, 0.2) is 11.7 Å². The van der Waals surface area contributed by atoms with Crippen molar-refractivity contribution in [1.29, 1.82) is 0 Å². The van der Waals surface area contributed by atoms with Crippen LogP contribution in [0.2, 0.25) is 0 Å². The Labute approximate surface area is 376 Å². The minimum absolute atomic E-state index is 0.110. The van der Waals surface area contributed by atoms with Gasteiger partial charge < -0.3 is 0 Å². The van der Waals surface area contributed by atoms with Crippen molar-refractivity contribution in [1.82, 2.24) is 9.97 Å². The van der Waals surface area contributed by atoms with Gasteiger partial charge in [-0.05, 0) is 75.7 Å². The van der Waals surface area contributed by atoms with Gasteiger partial charge in [0.2, 0.25) is 0 Å². The van der Waals surface area contributed by atoms with Crippen molar-refractivity contribution in [2.75, 3.05) is 0 Å². The van der Waals surface area contributed by atoms with Crippen LogP contribution in [0.5, 0.6) is 0 Å². The summed E-state index contributed by atoms with van der Waals surface area (Å²) < 4.78 is 0. The number of hydrogen-bond donors (Lipinski definition) is 0. The monoisotopic (exact) mass is 826 g/mol. The van der Waals surface area contributed by atoms with Crippen LogP contribution in [0.15, 0.2) is 216 Å². The van der Waals surface area contributed by atoms with Crippen LogP contribution in [-0.4, -0.2) is 22.0 Å². The van der Waals surface area contributed by atoms with E-state index in [2.05, 4.69) is 189 Å². The molecule has 0 bridgehead atoms. The van der Waals surface area contributed by atoms with Crippen LogP contribution < -0.4 is 0 Å². The maximum absolute atomic E-state index is 5.32. The molecule has 0 spiro atoms. The predicted molar refractivity (Wildman–Crippen MR) is 269 cm³/mol. The average molecular weight is 827 g/mol. The van der Waals surface area contributed by atoms with Crippen LogP contribution in [0.1, 0.15) is 73.3 Å². The first-order chi connectivity index (χ1) is 31.6. The van der Waals surface area contributed by atoms with Gasteiger partial charge in [-0.25, -0.2) is 20.0 Å². The normalized spacial score (nSPS) is 14.3. The predicted octanol–water partition coefficient (Wildman–Crippen LogP) is 15.4. The molecule has 64 heavy (non-hydrogen) atoms. The smallest absolute Gasteiger partial charge is 0.160 e. The zero-order valence-corrected chi connectivity index (χ0v) is 36.2. The van der Waals surface area contributed by atoms with Gasteiger partial charge in [-0.3, -0.25) is 0 Å². The molecular weight excluding hydrogens is 777 g/mol. The summed E-state index contributed by atoms with van der Waals surface area (Å²) in [5.41, 5.74) is 11.5. The fourth-order valence-corrected chi connectivity index (χ4v) is 9.33. The Bertz CT molecular complexity index is 3140. The van der Waals surface area contributed by atoms with Gasteiger partial charge in [-0.2, -0.15) is 0 Å². The van der Waals surface area contributed by atoms with Crippen molar-refractivity contribution >= 4 is 39.3 Å². The molecule has 1 aromatic heterocycles. The van der Waals surface area contributed by atoms with Crippen molar-refractivity contribution in [2.45, 2.75) is 50.9 Å². The minimum Gasteiger partial charge on any atom is -0.236 e. The molecule has 0 saturated heterocycles. The number of amidine groups is 1. The molecule has 1 aliphatic rings. The maximum atomic E-state index is 5.32. The SMILES string of the molecule is CC\C=C(/N=C(\N=C\c1ccccc1)c1ccc(C2(c3ccc(-c4nc(-c5ccccc5)cc(-c5ccc6ccccc6c5)n4)cc3)CCCCC2)cc1)c1ccc2ccccc2c1. The largest absolute Gasteiger partial charge is 0.236 e. The molecule has 0 radical (unpaired) electrons. The second-order valence-electron chi connectivity index (χ2n) is 16.9. The molecule has 1 saturated carbocycles. The highest BCUT2D eigenvalue weighted by atomic mass is 14.9. The summed E-state index contributed by atoms with van der Waals surface area (Å²) in [6.07, 6.45) is 10.8.